The average Bonchev–Trinajstić information content (AvgIpc) is 2.70. The SMILES string of the molecule is CC(C)NC(=O)[C@@H](OC(=O)c1ccccc1)[C@@H](OC(=O)c1ccccc1)C(=O)O. The number of aliphatic carboxylic acids is 1. The quantitative estimate of drug-likeness (QED) is 0.652. The maximum Gasteiger partial charge on any atom is 0.349 e. The molecule has 0 aliphatic rings. The molecule has 0 aliphatic carbocycles. The van der Waals surface area contributed by atoms with Crippen LogP contribution in [0.1, 0.15) is 34.6 Å². The van der Waals surface area contributed by atoms with Crippen molar-refractivity contribution in [3.63, 3.8) is 0 Å². The summed E-state index contributed by atoms with van der Waals surface area (Å²) in [7, 11) is 0. The molecule has 0 saturated carbocycles. The Hall–Kier alpha value is -3.68. The summed E-state index contributed by atoms with van der Waals surface area (Å²) >= 11 is 0. The lowest BCUT2D eigenvalue weighted by Crippen LogP contribution is -2.51. The maximum absolute atomic E-state index is 12.5. The molecule has 0 bridgehead atoms. The van der Waals surface area contributed by atoms with Crippen LogP contribution in [0.2, 0.25) is 0 Å². The van der Waals surface area contributed by atoms with Gasteiger partial charge >= 0.3 is 17.9 Å². The molecule has 8 heteroatoms. The van der Waals surface area contributed by atoms with E-state index in [2.05, 4.69) is 5.32 Å². The Labute approximate surface area is 167 Å². The molecule has 2 atom stereocenters. The number of ether oxygens (including phenoxy) is 2. The molecule has 0 saturated heterocycles. The van der Waals surface area contributed by atoms with Gasteiger partial charge in [0.1, 0.15) is 0 Å². The molecule has 0 unspecified atom stereocenters. The van der Waals surface area contributed by atoms with Crippen molar-refractivity contribution in [3.8, 4) is 0 Å². The van der Waals surface area contributed by atoms with Crippen LogP contribution in [0.15, 0.2) is 60.7 Å². The van der Waals surface area contributed by atoms with Gasteiger partial charge in [-0.2, -0.15) is 0 Å². The monoisotopic (exact) mass is 399 g/mol. The van der Waals surface area contributed by atoms with Gasteiger partial charge in [-0.05, 0) is 38.1 Å². The molecular formula is C21H21NO7. The highest BCUT2D eigenvalue weighted by molar-refractivity contribution is 5.96. The van der Waals surface area contributed by atoms with Crippen LogP contribution in [-0.2, 0) is 19.1 Å². The number of benzene rings is 2. The molecule has 0 fully saturated rings. The number of carbonyl (C=O) groups is 4. The van der Waals surface area contributed by atoms with E-state index >= 15 is 0 Å². The van der Waals surface area contributed by atoms with Gasteiger partial charge in [0, 0.05) is 6.04 Å². The van der Waals surface area contributed by atoms with Gasteiger partial charge in [-0.1, -0.05) is 36.4 Å². The minimum atomic E-state index is -2.03. The van der Waals surface area contributed by atoms with Gasteiger partial charge in [0.05, 0.1) is 11.1 Å². The van der Waals surface area contributed by atoms with Crippen LogP contribution in [0, 0.1) is 0 Å². The molecule has 8 nitrogen and oxygen atoms in total. The van der Waals surface area contributed by atoms with Crippen LogP contribution >= 0.6 is 0 Å². The number of carbonyl (C=O) groups excluding carboxylic acids is 3. The number of nitrogens with one attached hydrogen (secondary N) is 1. The molecule has 0 aliphatic heterocycles. The Kier molecular flexibility index (Phi) is 7.47. The summed E-state index contributed by atoms with van der Waals surface area (Å²) < 4.78 is 10.2. The first kappa shape index (κ1) is 21.6. The van der Waals surface area contributed by atoms with Gasteiger partial charge in [0.15, 0.2) is 0 Å². The standard InChI is InChI=1S/C21H21NO7/c1-13(2)22-18(23)16(28-20(26)14-9-5-3-6-10-14)17(19(24)25)29-21(27)15-11-7-4-8-12-15/h3-13,16-17H,1-2H3,(H,22,23)(H,24,25)/t16-,17+/m0/s1. The Bertz CT molecular complexity index is 865. The van der Waals surface area contributed by atoms with Crippen LogP contribution < -0.4 is 5.32 Å². The molecular weight excluding hydrogens is 378 g/mol. The zero-order chi connectivity index (χ0) is 21.4. The summed E-state index contributed by atoms with van der Waals surface area (Å²) in [5.74, 6) is -4.40. The number of rotatable bonds is 8. The maximum atomic E-state index is 12.5. The zero-order valence-corrected chi connectivity index (χ0v) is 15.9. The van der Waals surface area contributed by atoms with Crippen molar-refractivity contribution in [1.82, 2.24) is 5.32 Å². The van der Waals surface area contributed by atoms with E-state index in [1.54, 1.807) is 50.2 Å². The molecule has 0 spiro atoms. The normalized spacial score (nSPS) is 12.5. The van der Waals surface area contributed by atoms with Crippen molar-refractivity contribution in [2.24, 2.45) is 0 Å². The Morgan fingerprint density at radius 3 is 1.55 bits per heavy atom. The first-order valence-corrected chi connectivity index (χ1v) is 8.85. The first-order chi connectivity index (χ1) is 13.8. The molecule has 2 N–H and O–H groups in total. The second-order valence-corrected chi connectivity index (χ2v) is 6.39. The summed E-state index contributed by atoms with van der Waals surface area (Å²) in [6.45, 7) is 3.31. The van der Waals surface area contributed by atoms with Crippen LogP contribution in [0.25, 0.3) is 0 Å². The van der Waals surface area contributed by atoms with Crippen molar-refractivity contribution in [2.45, 2.75) is 32.1 Å². The smallest absolute Gasteiger partial charge is 0.349 e. The lowest BCUT2D eigenvalue weighted by molar-refractivity contribution is -0.159. The molecule has 0 radical (unpaired) electrons. The third-order valence-corrected chi connectivity index (χ3v) is 3.69. The summed E-state index contributed by atoms with van der Waals surface area (Å²) in [4.78, 5) is 49.0. The molecule has 1 amide bonds. The summed E-state index contributed by atoms with van der Waals surface area (Å²) in [6, 6.07) is 15.1. The van der Waals surface area contributed by atoms with Gasteiger partial charge in [0.25, 0.3) is 5.91 Å². The first-order valence-electron chi connectivity index (χ1n) is 8.85. The van der Waals surface area contributed by atoms with E-state index in [-0.39, 0.29) is 17.2 Å². The predicted octanol–water partition coefficient (Wildman–Crippen LogP) is 2.05. The van der Waals surface area contributed by atoms with Gasteiger partial charge in [-0.15, -0.1) is 0 Å². The Morgan fingerprint density at radius 2 is 1.17 bits per heavy atom. The van der Waals surface area contributed by atoms with E-state index in [9.17, 15) is 24.3 Å². The molecule has 0 aromatic heterocycles. The number of esters is 2. The number of carboxylic acids is 1. The summed E-state index contributed by atoms with van der Waals surface area (Å²) in [5.41, 5.74) is 0.213. The van der Waals surface area contributed by atoms with Crippen molar-refractivity contribution in [2.75, 3.05) is 0 Å². The van der Waals surface area contributed by atoms with Gasteiger partial charge < -0.3 is 19.9 Å². The van der Waals surface area contributed by atoms with E-state index in [1.165, 1.54) is 24.3 Å². The topological polar surface area (TPSA) is 119 Å². The number of hydrogen-bond acceptors (Lipinski definition) is 6. The van der Waals surface area contributed by atoms with Crippen molar-refractivity contribution < 1.29 is 33.8 Å². The molecule has 152 valence electrons. The molecule has 2 aromatic rings. The molecule has 29 heavy (non-hydrogen) atoms. The van der Waals surface area contributed by atoms with Gasteiger partial charge in [-0.25, -0.2) is 14.4 Å². The van der Waals surface area contributed by atoms with Crippen LogP contribution in [0.4, 0.5) is 0 Å². The van der Waals surface area contributed by atoms with E-state index in [0.717, 1.165) is 0 Å². The van der Waals surface area contributed by atoms with E-state index in [4.69, 9.17) is 9.47 Å². The minimum Gasteiger partial charge on any atom is -0.478 e. The number of hydrogen-bond donors (Lipinski definition) is 2. The highest BCUT2D eigenvalue weighted by Gasteiger charge is 2.41. The van der Waals surface area contributed by atoms with Crippen molar-refractivity contribution in [3.05, 3.63) is 71.8 Å². The minimum absolute atomic E-state index is 0.0937. The van der Waals surface area contributed by atoms with E-state index < -0.39 is 36.0 Å². The molecule has 2 aromatic carbocycles. The van der Waals surface area contributed by atoms with E-state index in [1.807, 2.05) is 0 Å². The highest BCUT2D eigenvalue weighted by Crippen LogP contribution is 2.13. The second kappa shape index (κ2) is 10.0. The summed E-state index contributed by atoms with van der Waals surface area (Å²) in [5, 5.41) is 12.0. The van der Waals surface area contributed by atoms with E-state index in [0.29, 0.717) is 0 Å². The van der Waals surface area contributed by atoms with Gasteiger partial charge in [0.2, 0.25) is 12.2 Å². The fraction of sp³-hybridized carbons (Fsp3) is 0.238. The van der Waals surface area contributed by atoms with Gasteiger partial charge in [-0.3, -0.25) is 4.79 Å². The van der Waals surface area contributed by atoms with Crippen molar-refractivity contribution >= 4 is 23.8 Å². The largest absolute Gasteiger partial charge is 0.478 e. The average molecular weight is 399 g/mol. The van der Waals surface area contributed by atoms with Crippen LogP contribution in [0.5, 0.6) is 0 Å². The summed E-state index contributed by atoms with van der Waals surface area (Å²) in [6.07, 6.45) is -3.91. The third kappa shape index (κ3) is 6.17. The predicted molar refractivity (Wildman–Crippen MR) is 102 cm³/mol. The Balaban J connectivity index is 2.29. The number of amides is 1. The highest BCUT2D eigenvalue weighted by atomic mass is 16.6. The lowest BCUT2D eigenvalue weighted by atomic mass is 10.1. The van der Waals surface area contributed by atoms with Crippen molar-refractivity contribution in [1.29, 1.82) is 0 Å². The van der Waals surface area contributed by atoms with Crippen LogP contribution in [-0.4, -0.2) is 47.2 Å². The lowest BCUT2D eigenvalue weighted by Gasteiger charge is -2.24. The fourth-order valence-electron chi connectivity index (χ4n) is 2.38. The number of carboxylic acid groups (broad SMARTS) is 1. The third-order valence-electron chi connectivity index (χ3n) is 3.69. The fourth-order valence-corrected chi connectivity index (χ4v) is 2.38. The zero-order valence-electron chi connectivity index (χ0n) is 15.9. The molecule has 0 heterocycles. The Morgan fingerprint density at radius 1 is 0.759 bits per heavy atom. The molecule has 2 rings (SSSR count). The van der Waals surface area contributed by atoms with Crippen LogP contribution in [0.3, 0.4) is 0 Å². The second-order valence-electron chi connectivity index (χ2n) is 6.39.